The van der Waals surface area contributed by atoms with Crippen molar-refractivity contribution in [1.82, 2.24) is 9.97 Å². The van der Waals surface area contributed by atoms with E-state index in [9.17, 15) is 0 Å². The highest BCUT2D eigenvalue weighted by Crippen LogP contribution is 2.25. The fraction of sp³-hybridized carbons (Fsp3) is 0.238. The van der Waals surface area contributed by atoms with Crippen molar-refractivity contribution < 1.29 is 0 Å². The summed E-state index contributed by atoms with van der Waals surface area (Å²) in [6, 6.07) is 18.9. The number of nitrogens with zero attached hydrogens (tertiary/aromatic N) is 3. The van der Waals surface area contributed by atoms with Crippen LogP contribution in [0.15, 0.2) is 54.6 Å². The van der Waals surface area contributed by atoms with E-state index in [1.54, 1.807) is 0 Å². The number of benzene rings is 2. The van der Waals surface area contributed by atoms with Crippen LogP contribution < -0.4 is 10.2 Å². The molecule has 0 unspecified atom stereocenters. The van der Waals surface area contributed by atoms with Gasteiger partial charge in [0.2, 0.25) is 5.95 Å². The van der Waals surface area contributed by atoms with Crippen molar-refractivity contribution in [3.63, 3.8) is 0 Å². The average Bonchev–Trinajstić information content (AvgIpc) is 2.63. The molecule has 126 valence electrons. The van der Waals surface area contributed by atoms with Gasteiger partial charge in [-0.25, -0.2) is 4.98 Å². The number of para-hydroxylation sites is 1. The van der Waals surface area contributed by atoms with Gasteiger partial charge < -0.3 is 10.2 Å². The summed E-state index contributed by atoms with van der Waals surface area (Å²) < 4.78 is 0. The Morgan fingerprint density at radius 3 is 2.52 bits per heavy atom. The molecule has 0 saturated heterocycles. The SMILES string of the molecule is Cc1cc(Nc2ccccc2C)nc(N2CCc3ccccc3C2)n1. The summed E-state index contributed by atoms with van der Waals surface area (Å²) >= 11 is 0. The fourth-order valence-electron chi connectivity index (χ4n) is 3.28. The van der Waals surface area contributed by atoms with Crippen LogP contribution >= 0.6 is 0 Å². The number of anilines is 3. The van der Waals surface area contributed by atoms with Crippen molar-refractivity contribution in [2.45, 2.75) is 26.8 Å². The van der Waals surface area contributed by atoms with E-state index in [4.69, 9.17) is 4.98 Å². The van der Waals surface area contributed by atoms with Crippen LogP contribution in [0.2, 0.25) is 0 Å². The molecule has 0 atom stereocenters. The van der Waals surface area contributed by atoms with Crippen molar-refractivity contribution in [3.8, 4) is 0 Å². The number of fused-ring (bicyclic) bond motifs is 1. The lowest BCUT2D eigenvalue weighted by Crippen LogP contribution is -2.32. The van der Waals surface area contributed by atoms with Crippen molar-refractivity contribution >= 4 is 17.5 Å². The molecule has 1 aliphatic rings. The molecule has 0 saturated carbocycles. The number of nitrogens with one attached hydrogen (secondary N) is 1. The largest absolute Gasteiger partial charge is 0.340 e. The highest BCUT2D eigenvalue weighted by atomic mass is 15.3. The van der Waals surface area contributed by atoms with Crippen LogP contribution in [0.1, 0.15) is 22.4 Å². The molecule has 0 radical (unpaired) electrons. The first kappa shape index (κ1) is 15.6. The molecule has 25 heavy (non-hydrogen) atoms. The molecule has 4 heteroatoms. The second-order valence-electron chi connectivity index (χ2n) is 6.57. The first-order chi connectivity index (χ1) is 12.2. The molecule has 0 bridgehead atoms. The molecule has 4 rings (SSSR count). The number of rotatable bonds is 3. The van der Waals surface area contributed by atoms with Crippen molar-refractivity contribution in [2.75, 3.05) is 16.8 Å². The van der Waals surface area contributed by atoms with E-state index in [-0.39, 0.29) is 0 Å². The summed E-state index contributed by atoms with van der Waals surface area (Å²) in [6.45, 7) is 5.93. The third kappa shape index (κ3) is 3.33. The van der Waals surface area contributed by atoms with Crippen LogP contribution in [0.5, 0.6) is 0 Å². The first-order valence-electron chi connectivity index (χ1n) is 8.69. The van der Waals surface area contributed by atoms with Crippen LogP contribution in [-0.4, -0.2) is 16.5 Å². The fourth-order valence-corrected chi connectivity index (χ4v) is 3.28. The van der Waals surface area contributed by atoms with Gasteiger partial charge in [0.1, 0.15) is 5.82 Å². The lowest BCUT2D eigenvalue weighted by atomic mass is 10.0. The number of aryl methyl sites for hydroxylation is 2. The van der Waals surface area contributed by atoms with Crippen molar-refractivity contribution in [1.29, 1.82) is 0 Å². The van der Waals surface area contributed by atoms with E-state index < -0.39 is 0 Å². The van der Waals surface area contributed by atoms with E-state index in [2.05, 4.69) is 58.5 Å². The molecule has 0 amide bonds. The smallest absolute Gasteiger partial charge is 0.227 e. The molecule has 2 aromatic carbocycles. The maximum absolute atomic E-state index is 4.77. The maximum Gasteiger partial charge on any atom is 0.227 e. The van der Waals surface area contributed by atoms with E-state index in [0.29, 0.717) is 0 Å². The molecule has 1 N–H and O–H groups in total. The van der Waals surface area contributed by atoms with Crippen LogP contribution in [-0.2, 0) is 13.0 Å². The molecule has 0 spiro atoms. The summed E-state index contributed by atoms with van der Waals surface area (Å²) in [5.41, 5.74) is 6.06. The molecular weight excluding hydrogens is 308 g/mol. The standard InChI is InChI=1S/C21H22N4/c1-15-7-3-6-10-19(15)23-20-13-16(2)22-21(24-20)25-12-11-17-8-4-5-9-18(17)14-25/h3-10,13H,11-12,14H2,1-2H3,(H,22,23,24). The zero-order chi connectivity index (χ0) is 17.2. The van der Waals surface area contributed by atoms with Gasteiger partial charge in [-0.15, -0.1) is 0 Å². The van der Waals surface area contributed by atoms with E-state index in [1.807, 2.05) is 25.1 Å². The topological polar surface area (TPSA) is 41.1 Å². The lowest BCUT2D eigenvalue weighted by molar-refractivity contribution is 0.706. The maximum atomic E-state index is 4.77. The van der Waals surface area contributed by atoms with E-state index in [1.165, 1.54) is 16.7 Å². The highest BCUT2D eigenvalue weighted by molar-refractivity contribution is 5.61. The minimum Gasteiger partial charge on any atom is -0.340 e. The summed E-state index contributed by atoms with van der Waals surface area (Å²) in [6.07, 6.45) is 1.04. The van der Waals surface area contributed by atoms with Crippen LogP contribution in [0.25, 0.3) is 0 Å². The van der Waals surface area contributed by atoms with Crippen LogP contribution in [0.4, 0.5) is 17.5 Å². The van der Waals surface area contributed by atoms with Gasteiger partial charge in [-0.2, -0.15) is 4.98 Å². The second kappa shape index (κ2) is 6.55. The zero-order valence-corrected chi connectivity index (χ0v) is 14.7. The molecule has 0 fully saturated rings. The summed E-state index contributed by atoms with van der Waals surface area (Å²) in [5.74, 6) is 1.64. The molecule has 1 aromatic heterocycles. The predicted octanol–water partition coefficient (Wildman–Crippen LogP) is 4.40. The number of hydrogen-bond donors (Lipinski definition) is 1. The van der Waals surface area contributed by atoms with Gasteiger partial charge >= 0.3 is 0 Å². The Labute approximate surface area is 148 Å². The van der Waals surface area contributed by atoms with Gasteiger partial charge in [0.15, 0.2) is 0 Å². The Morgan fingerprint density at radius 2 is 1.68 bits per heavy atom. The van der Waals surface area contributed by atoms with Crippen molar-refractivity contribution in [3.05, 3.63) is 77.0 Å². The third-order valence-electron chi connectivity index (χ3n) is 4.66. The highest BCUT2D eigenvalue weighted by Gasteiger charge is 2.18. The molecule has 2 heterocycles. The normalized spacial score (nSPS) is 13.4. The van der Waals surface area contributed by atoms with Crippen molar-refractivity contribution in [2.24, 2.45) is 0 Å². The molecular formula is C21H22N4. The monoisotopic (exact) mass is 330 g/mol. The average molecular weight is 330 g/mol. The van der Waals surface area contributed by atoms with E-state index >= 15 is 0 Å². The summed E-state index contributed by atoms with van der Waals surface area (Å²) in [4.78, 5) is 11.7. The van der Waals surface area contributed by atoms with Gasteiger partial charge in [0.05, 0.1) is 0 Å². The third-order valence-corrected chi connectivity index (χ3v) is 4.66. The Hall–Kier alpha value is -2.88. The quantitative estimate of drug-likeness (QED) is 0.773. The molecule has 1 aliphatic heterocycles. The number of aromatic nitrogens is 2. The second-order valence-corrected chi connectivity index (χ2v) is 6.57. The zero-order valence-electron chi connectivity index (χ0n) is 14.7. The Balaban J connectivity index is 1.61. The van der Waals surface area contributed by atoms with Gasteiger partial charge in [0.25, 0.3) is 0 Å². The van der Waals surface area contributed by atoms with Gasteiger partial charge in [0, 0.05) is 30.5 Å². The van der Waals surface area contributed by atoms with Crippen LogP contribution in [0, 0.1) is 13.8 Å². The Morgan fingerprint density at radius 1 is 0.920 bits per heavy atom. The lowest BCUT2D eigenvalue weighted by Gasteiger charge is -2.29. The molecule has 4 nitrogen and oxygen atoms in total. The minimum absolute atomic E-state index is 0.797. The number of hydrogen-bond acceptors (Lipinski definition) is 4. The predicted molar refractivity (Wildman–Crippen MR) is 102 cm³/mol. The molecule has 3 aromatic rings. The van der Waals surface area contributed by atoms with Gasteiger partial charge in [-0.3, -0.25) is 0 Å². The van der Waals surface area contributed by atoms with Crippen LogP contribution in [0.3, 0.4) is 0 Å². The summed E-state index contributed by atoms with van der Waals surface area (Å²) in [7, 11) is 0. The Bertz CT molecular complexity index is 904. The Kier molecular flexibility index (Phi) is 4.10. The van der Waals surface area contributed by atoms with Gasteiger partial charge in [-0.05, 0) is 43.0 Å². The molecule has 0 aliphatic carbocycles. The first-order valence-corrected chi connectivity index (χ1v) is 8.69. The van der Waals surface area contributed by atoms with Gasteiger partial charge in [-0.1, -0.05) is 42.5 Å². The minimum atomic E-state index is 0.797. The van der Waals surface area contributed by atoms with E-state index in [0.717, 1.165) is 42.7 Å². The summed E-state index contributed by atoms with van der Waals surface area (Å²) in [5, 5.41) is 3.43.